The predicted octanol–water partition coefficient (Wildman–Crippen LogP) is 2.22. The summed E-state index contributed by atoms with van der Waals surface area (Å²) in [7, 11) is 0. The van der Waals surface area contributed by atoms with E-state index >= 15 is 0 Å². The Labute approximate surface area is 99.3 Å². The van der Waals surface area contributed by atoms with Crippen LogP contribution in [0.5, 0.6) is 0 Å². The minimum absolute atomic E-state index is 0.112. The number of rotatable bonds is 1. The van der Waals surface area contributed by atoms with Gasteiger partial charge in [-0.2, -0.15) is 5.11 Å². The SMILES string of the molecule is O=C1C[C@H]2C[C@@H]1[C@@H]1N=NN(c3ccccc3)[C@H]21. The Morgan fingerprint density at radius 2 is 2.06 bits per heavy atom. The van der Waals surface area contributed by atoms with Crippen molar-refractivity contribution in [2.45, 2.75) is 24.9 Å². The third-order valence-electron chi connectivity index (χ3n) is 4.26. The van der Waals surface area contributed by atoms with Gasteiger partial charge in [-0.15, -0.1) is 0 Å². The van der Waals surface area contributed by atoms with Crippen molar-refractivity contribution in [2.24, 2.45) is 22.2 Å². The fraction of sp³-hybridized carbons (Fsp3) is 0.462. The van der Waals surface area contributed by atoms with Gasteiger partial charge in [0.05, 0.1) is 11.7 Å². The second kappa shape index (κ2) is 3.15. The number of nitrogens with zero attached hydrogens (tertiary/aromatic N) is 3. The normalized spacial score (nSPS) is 37.9. The first-order chi connectivity index (χ1) is 8.34. The number of anilines is 1. The van der Waals surface area contributed by atoms with Gasteiger partial charge >= 0.3 is 0 Å². The van der Waals surface area contributed by atoms with Gasteiger partial charge in [-0.1, -0.05) is 23.4 Å². The van der Waals surface area contributed by atoms with Crippen molar-refractivity contribution in [3.8, 4) is 0 Å². The molecule has 4 rings (SSSR count). The summed E-state index contributed by atoms with van der Waals surface area (Å²) in [4.78, 5) is 11.7. The quantitative estimate of drug-likeness (QED) is 0.738. The van der Waals surface area contributed by atoms with Gasteiger partial charge in [-0.25, -0.2) is 5.01 Å². The molecule has 0 unspecified atom stereocenters. The van der Waals surface area contributed by atoms with Gasteiger partial charge in [-0.3, -0.25) is 4.79 Å². The van der Waals surface area contributed by atoms with E-state index < -0.39 is 0 Å². The minimum atomic E-state index is 0.112. The van der Waals surface area contributed by atoms with Crippen LogP contribution < -0.4 is 5.01 Å². The molecule has 4 nitrogen and oxygen atoms in total. The monoisotopic (exact) mass is 227 g/mol. The van der Waals surface area contributed by atoms with E-state index in [0.717, 1.165) is 18.5 Å². The highest BCUT2D eigenvalue weighted by atomic mass is 16.1. The molecule has 0 N–H and O–H groups in total. The molecular formula is C13H13N3O. The van der Waals surface area contributed by atoms with Crippen LogP contribution in [-0.2, 0) is 4.79 Å². The maximum Gasteiger partial charge on any atom is 0.138 e. The van der Waals surface area contributed by atoms with Crippen LogP contribution >= 0.6 is 0 Å². The van der Waals surface area contributed by atoms with Crippen LogP contribution in [0.1, 0.15) is 12.8 Å². The van der Waals surface area contributed by atoms with E-state index in [1.807, 2.05) is 23.2 Å². The molecule has 4 atom stereocenters. The Hall–Kier alpha value is -1.71. The number of ketones is 1. The zero-order chi connectivity index (χ0) is 11.4. The Kier molecular flexibility index (Phi) is 1.73. The second-order valence-corrected chi connectivity index (χ2v) is 5.14. The molecule has 2 aliphatic carbocycles. The summed E-state index contributed by atoms with van der Waals surface area (Å²) in [5, 5.41) is 10.6. The molecular weight excluding hydrogens is 214 g/mol. The first kappa shape index (κ1) is 9.33. The molecule has 0 aromatic heterocycles. The highest BCUT2D eigenvalue weighted by Gasteiger charge is 2.57. The van der Waals surface area contributed by atoms with Crippen molar-refractivity contribution in [3.05, 3.63) is 30.3 Å². The van der Waals surface area contributed by atoms with Gasteiger partial charge in [-0.05, 0) is 24.5 Å². The molecule has 0 radical (unpaired) electrons. The summed E-state index contributed by atoms with van der Waals surface area (Å²) in [6, 6.07) is 10.6. The summed E-state index contributed by atoms with van der Waals surface area (Å²) in [5.41, 5.74) is 1.09. The molecule has 3 aliphatic rings. The van der Waals surface area contributed by atoms with Crippen molar-refractivity contribution < 1.29 is 4.79 Å². The molecule has 2 fully saturated rings. The minimum Gasteiger partial charge on any atom is -0.299 e. The largest absolute Gasteiger partial charge is 0.299 e. The first-order valence-electron chi connectivity index (χ1n) is 6.12. The van der Waals surface area contributed by atoms with E-state index in [1.165, 1.54) is 0 Å². The van der Waals surface area contributed by atoms with Crippen molar-refractivity contribution in [2.75, 3.05) is 5.01 Å². The zero-order valence-electron chi connectivity index (χ0n) is 9.36. The van der Waals surface area contributed by atoms with Crippen molar-refractivity contribution in [3.63, 3.8) is 0 Å². The molecule has 4 heteroatoms. The van der Waals surface area contributed by atoms with Crippen LogP contribution in [0.4, 0.5) is 5.69 Å². The Bertz CT molecular complexity index is 499. The second-order valence-electron chi connectivity index (χ2n) is 5.14. The average molecular weight is 227 g/mol. The highest BCUT2D eigenvalue weighted by Crippen LogP contribution is 2.49. The fourth-order valence-electron chi connectivity index (χ4n) is 3.53. The maximum absolute atomic E-state index is 11.7. The van der Waals surface area contributed by atoms with E-state index in [2.05, 4.69) is 22.5 Å². The van der Waals surface area contributed by atoms with Gasteiger partial charge in [0.2, 0.25) is 0 Å². The highest BCUT2D eigenvalue weighted by molar-refractivity contribution is 5.86. The van der Waals surface area contributed by atoms with Crippen LogP contribution in [-0.4, -0.2) is 17.9 Å². The smallest absolute Gasteiger partial charge is 0.138 e. The number of fused-ring (bicyclic) bond motifs is 5. The van der Waals surface area contributed by atoms with Crippen LogP contribution in [0.15, 0.2) is 40.7 Å². The summed E-state index contributed by atoms with van der Waals surface area (Å²) in [5.74, 6) is 0.986. The summed E-state index contributed by atoms with van der Waals surface area (Å²) in [6.07, 6.45) is 1.73. The third kappa shape index (κ3) is 1.15. The lowest BCUT2D eigenvalue weighted by atomic mass is 9.90. The summed E-state index contributed by atoms with van der Waals surface area (Å²) in [6.45, 7) is 0. The number of Topliss-reactive ketones (excluding diaryl/α,β-unsaturated/α-hetero) is 1. The molecule has 2 saturated carbocycles. The molecule has 2 bridgehead atoms. The number of hydrogen-bond donors (Lipinski definition) is 0. The predicted molar refractivity (Wildman–Crippen MR) is 62.6 cm³/mol. The molecule has 0 spiro atoms. The molecule has 1 aromatic rings. The average Bonchev–Trinajstić information content (AvgIpc) is 3.00. The van der Waals surface area contributed by atoms with Crippen LogP contribution in [0.2, 0.25) is 0 Å². The van der Waals surface area contributed by atoms with E-state index in [-0.39, 0.29) is 12.0 Å². The van der Waals surface area contributed by atoms with E-state index in [0.29, 0.717) is 17.7 Å². The van der Waals surface area contributed by atoms with Gasteiger partial charge in [0, 0.05) is 12.3 Å². The number of para-hydroxylation sites is 1. The number of carbonyl (C=O) groups is 1. The van der Waals surface area contributed by atoms with E-state index in [9.17, 15) is 4.79 Å². The third-order valence-corrected chi connectivity index (χ3v) is 4.26. The van der Waals surface area contributed by atoms with Crippen LogP contribution in [0.25, 0.3) is 0 Å². The summed E-state index contributed by atoms with van der Waals surface area (Å²) < 4.78 is 0. The van der Waals surface area contributed by atoms with Crippen LogP contribution in [0, 0.1) is 11.8 Å². The van der Waals surface area contributed by atoms with Gasteiger partial charge < -0.3 is 0 Å². The molecule has 1 aromatic carbocycles. The standard InChI is InChI=1S/C13H13N3O/c17-11-7-8-6-10(11)12-13(8)16(15-14-12)9-4-2-1-3-5-9/h1-5,8,10,12-13H,6-7H2/t8-,10+,12+,13-/m1/s1. The zero-order valence-corrected chi connectivity index (χ0v) is 9.36. The Balaban J connectivity index is 1.70. The fourth-order valence-corrected chi connectivity index (χ4v) is 3.53. The summed E-state index contributed by atoms with van der Waals surface area (Å²) >= 11 is 0. The molecule has 0 saturated heterocycles. The van der Waals surface area contributed by atoms with Crippen molar-refractivity contribution >= 4 is 11.5 Å². The number of carbonyl (C=O) groups excluding carboxylic acids is 1. The van der Waals surface area contributed by atoms with Crippen molar-refractivity contribution in [1.82, 2.24) is 0 Å². The van der Waals surface area contributed by atoms with Crippen LogP contribution in [0.3, 0.4) is 0 Å². The molecule has 0 amide bonds. The molecule has 17 heavy (non-hydrogen) atoms. The van der Waals surface area contributed by atoms with Gasteiger partial charge in [0.15, 0.2) is 0 Å². The lowest BCUT2D eigenvalue weighted by Crippen LogP contribution is -2.42. The van der Waals surface area contributed by atoms with E-state index in [4.69, 9.17) is 0 Å². The molecule has 1 aliphatic heterocycles. The Morgan fingerprint density at radius 3 is 2.88 bits per heavy atom. The topological polar surface area (TPSA) is 45.0 Å². The molecule has 1 heterocycles. The van der Waals surface area contributed by atoms with Gasteiger partial charge in [0.1, 0.15) is 11.8 Å². The maximum atomic E-state index is 11.7. The van der Waals surface area contributed by atoms with E-state index in [1.54, 1.807) is 0 Å². The van der Waals surface area contributed by atoms with Crippen molar-refractivity contribution in [1.29, 1.82) is 0 Å². The number of benzene rings is 1. The lowest BCUT2D eigenvalue weighted by molar-refractivity contribution is -0.122. The Morgan fingerprint density at radius 1 is 1.24 bits per heavy atom. The first-order valence-corrected chi connectivity index (χ1v) is 6.12. The molecule has 86 valence electrons. The number of hydrogen-bond acceptors (Lipinski definition) is 4. The van der Waals surface area contributed by atoms with Gasteiger partial charge in [0.25, 0.3) is 0 Å². The lowest BCUT2D eigenvalue weighted by Gasteiger charge is -2.28.